The van der Waals surface area contributed by atoms with Gasteiger partial charge < -0.3 is 9.15 Å². The zero-order valence-electron chi connectivity index (χ0n) is 14.6. The van der Waals surface area contributed by atoms with Gasteiger partial charge in [0, 0.05) is 5.56 Å². The number of benzene rings is 2. The summed E-state index contributed by atoms with van der Waals surface area (Å²) in [5, 5.41) is 11.9. The van der Waals surface area contributed by atoms with E-state index in [4.69, 9.17) is 9.15 Å². The lowest BCUT2D eigenvalue weighted by Crippen LogP contribution is -1.91. The second kappa shape index (κ2) is 6.15. The third-order valence-electron chi connectivity index (χ3n) is 4.07. The number of nitrogens with zero attached hydrogens (tertiary/aromatic N) is 3. The topological polar surface area (TPSA) is 80.9 Å². The molecule has 1 radical (unpaired) electrons. The minimum atomic E-state index is 0.0263. The van der Waals surface area contributed by atoms with E-state index in [1.807, 2.05) is 31.2 Å². The summed E-state index contributed by atoms with van der Waals surface area (Å²) < 4.78 is 11.4. The van der Waals surface area contributed by atoms with E-state index in [0.717, 1.165) is 11.1 Å². The highest BCUT2D eigenvalue weighted by Gasteiger charge is 2.14. The fourth-order valence-electron chi connectivity index (χ4n) is 2.68. The van der Waals surface area contributed by atoms with E-state index in [1.165, 1.54) is 0 Å². The molecule has 2 aromatic heterocycles. The molecule has 4 aromatic rings. The third-order valence-corrected chi connectivity index (χ3v) is 4.07. The molecular weight excluding hydrogens is 330 g/mol. The summed E-state index contributed by atoms with van der Waals surface area (Å²) in [7, 11) is 0. The predicted octanol–water partition coefficient (Wildman–Crippen LogP) is 5.15. The molecule has 4 rings (SSSR count). The van der Waals surface area contributed by atoms with Crippen LogP contribution in [0.25, 0.3) is 22.7 Å². The summed E-state index contributed by atoms with van der Waals surface area (Å²) in [5.41, 5.74) is 4.03. The molecule has 0 spiro atoms. The van der Waals surface area contributed by atoms with Gasteiger partial charge in [-0.3, -0.25) is 5.11 Å². The molecule has 26 heavy (non-hydrogen) atoms. The maximum absolute atomic E-state index is 11.9. The molecular formula is C20H16N3O3. The number of rotatable bonds is 3. The Kier molecular flexibility index (Phi) is 3.80. The van der Waals surface area contributed by atoms with Gasteiger partial charge in [-0.2, -0.15) is 4.98 Å². The van der Waals surface area contributed by atoms with E-state index in [9.17, 15) is 5.11 Å². The number of hydrogen-bond donors (Lipinski definition) is 0. The van der Waals surface area contributed by atoms with Crippen LogP contribution in [0.5, 0.6) is 17.5 Å². The Morgan fingerprint density at radius 2 is 1.65 bits per heavy atom. The van der Waals surface area contributed by atoms with Crippen LogP contribution >= 0.6 is 0 Å². The molecule has 0 amide bonds. The van der Waals surface area contributed by atoms with Gasteiger partial charge in [0.2, 0.25) is 5.89 Å². The average Bonchev–Trinajstić information content (AvgIpc) is 3.04. The molecule has 0 saturated heterocycles. The van der Waals surface area contributed by atoms with Crippen molar-refractivity contribution in [3.8, 4) is 29.0 Å². The molecule has 0 aliphatic heterocycles. The van der Waals surface area contributed by atoms with Gasteiger partial charge in [0.25, 0.3) is 5.71 Å². The van der Waals surface area contributed by atoms with Crippen LogP contribution in [-0.4, -0.2) is 15.0 Å². The molecule has 0 N–H and O–H groups in total. The van der Waals surface area contributed by atoms with Gasteiger partial charge in [0.05, 0.1) is 6.20 Å². The monoisotopic (exact) mass is 346 g/mol. The van der Waals surface area contributed by atoms with E-state index in [-0.39, 0.29) is 11.8 Å². The molecule has 0 aliphatic rings. The van der Waals surface area contributed by atoms with Crippen molar-refractivity contribution in [2.24, 2.45) is 0 Å². The van der Waals surface area contributed by atoms with Gasteiger partial charge in [-0.1, -0.05) is 17.7 Å². The number of aromatic nitrogens is 3. The van der Waals surface area contributed by atoms with Crippen LogP contribution in [0.3, 0.4) is 0 Å². The van der Waals surface area contributed by atoms with Crippen molar-refractivity contribution in [3.63, 3.8) is 0 Å². The summed E-state index contributed by atoms with van der Waals surface area (Å²) in [4.78, 5) is 12.9. The lowest BCUT2D eigenvalue weighted by Gasteiger charge is -2.03. The number of aryl methyl sites for hydroxylation is 3. The predicted molar refractivity (Wildman–Crippen MR) is 95.9 cm³/mol. The molecule has 6 heteroatoms. The standard InChI is InChI=1S/C20H16N3O3/c1-11-4-6-15(7-5-11)25-20-21-10-16-19(23-20)26-18(22-16)14-8-12(2)17(24)13(3)9-14/h4-10H,1-3H3. The fourth-order valence-corrected chi connectivity index (χ4v) is 2.68. The molecule has 2 heterocycles. The van der Waals surface area contributed by atoms with E-state index < -0.39 is 0 Å². The normalized spacial score (nSPS) is 11.0. The van der Waals surface area contributed by atoms with Crippen LogP contribution in [-0.2, 0) is 5.11 Å². The summed E-state index contributed by atoms with van der Waals surface area (Å²) in [6.45, 7) is 5.55. The number of oxazole rings is 1. The average molecular weight is 346 g/mol. The second-order valence-corrected chi connectivity index (χ2v) is 6.22. The second-order valence-electron chi connectivity index (χ2n) is 6.22. The lowest BCUT2D eigenvalue weighted by molar-refractivity contribution is 0.348. The summed E-state index contributed by atoms with van der Waals surface area (Å²) in [6.07, 6.45) is 1.56. The van der Waals surface area contributed by atoms with Crippen LogP contribution < -0.4 is 4.74 Å². The van der Waals surface area contributed by atoms with Crippen molar-refractivity contribution >= 4 is 11.2 Å². The number of hydrogen-bond acceptors (Lipinski definition) is 5. The van der Waals surface area contributed by atoms with Gasteiger partial charge >= 0.3 is 6.01 Å². The summed E-state index contributed by atoms with van der Waals surface area (Å²) in [5.74, 6) is 1.07. The van der Waals surface area contributed by atoms with Crippen molar-refractivity contribution in [2.45, 2.75) is 20.8 Å². The smallest absolute Gasteiger partial charge is 0.325 e. The minimum Gasteiger partial charge on any atom is -0.424 e. The highest BCUT2D eigenvalue weighted by atomic mass is 16.5. The molecule has 129 valence electrons. The Balaban J connectivity index is 1.68. The van der Waals surface area contributed by atoms with Crippen molar-refractivity contribution in [2.75, 3.05) is 0 Å². The largest absolute Gasteiger partial charge is 0.424 e. The van der Waals surface area contributed by atoms with Crippen molar-refractivity contribution < 1.29 is 14.3 Å². The van der Waals surface area contributed by atoms with Gasteiger partial charge in [-0.05, 0) is 56.2 Å². The van der Waals surface area contributed by atoms with Gasteiger partial charge in [-0.15, -0.1) is 0 Å². The van der Waals surface area contributed by atoms with Crippen LogP contribution in [0, 0.1) is 20.8 Å². The number of ether oxygens (including phenoxy) is 1. The first-order valence-corrected chi connectivity index (χ1v) is 8.16. The third kappa shape index (κ3) is 2.97. The van der Waals surface area contributed by atoms with E-state index in [2.05, 4.69) is 15.0 Å². The Hall–Kier alpha value is -3.41. The highest BCUT2D eigenvalue weighted by Crippen LogP contribution is 2.31. The van der Waals surface area contributed by atoms with Crippen LogP contribution in [0.1, 0.15) is 16.7 Å². The first kappa shape index (κ1) is 16.1. The maximum atomic E-state index is 11.9. The molecule has 0 fully saturated rings. The van der Waals surface area contributed by atoms with Crippen LogP contribution in [0.2, 0.25) is 0 Å². The molecule has 0 bridgehead atoms. The Bertz CT molecular complexity index is 1080. The zero-order chi connectivity index (χ0) is 18.3. The first-order valence-electron chi connectivity index (χ1n) is 8.16. The lowest BCUT2D eigenvalue weighted by atomic mass is 10.1. The molecule has 0 unspecified atom stereocenters. The first-order chi connectivity index (χ1) is 12.5. The van der Waals surface area contributed by atoms with E-state index in [0.29, 0.717) is 34.0 Å². The molecule has 0 aliphatic carbocycles. The Labute approximate surface area is 150 Å². The molecule has 0 saturated carbocycles. The highest BCUT2D eigenvalue weighted by molar-refractivity contribution is 5.72. The van der Waals surface area contributed by atoms with Gasteiger partial charge in [0.1, 0.15) is 11.3 Å². The van der Waals surface area contributed by atoms with E-state index in [1.54, 1.807) is 32.2 Å². The maximum Gasteiger partial charge on any atom is 0.325 e. The van der Waals surface area contributed by atoms with Crippen molar-refractivity contribution in [1.82, 2.24) is 15.0 Å². The van der Waals surface area contributed by atoms with Crippen molar-refractivity contribution in [1.29, 1.82) is 0 Å². The van der Waals surface area contributed by atoms with Crippen LogP contribution in [0.15, 0.2) is 47.0 Å². The number of fused-ring (bicyclic) bond motifs is 1. The van der Waals surface area contributed by atoms with Crippen molar-refractivity contribution in [3.05, 3.63) is 59.3 Å². The Morgan fingerprint density at radius 3 is 2.35 bits per heavy atom. The van der Waals surface area contributed by atoms with Gasteiger partial charge in [0.15, 0.2) is 5.75 Å². The molecule has 2 aromatic carbocycles. The fraction of sp³-hybridized carbons (Fsp3) is 0.150. The zero-order valence-corrected chi connectivity index (χ0v) is 14.6. The quantitative estimate of drug-likeness (QED) is 0.512. The summed E-state index contributed by atoms with van der Waals surface area (Å²) in [6, 6.07) is 11.3. The summed E-state index contributed by atoms with van der Waals surface area (Å²) >= 11 is 0. The molecule has 0 atom stereocenters. The molecule has 6 nitrogen and oxygen atoms in total. The Morgan fingerprint density at radius 1 is 0.962 bits per heavy atom. The van der Waals surface area contributed by atoms with Gasteiger partial charge in [-0.25, -0.2) is 9.97 Å². The minimum absolute atomic E-state index is 0.0263. The SMILES string of the molecule is Cc1ccc(Oc2ncc3nc(-c4cc(C)c([O])c(C)c4)oc3n2)cc1. The van der Waals surface area contributed by atoms with Crippen LogP contribution in [0.4, 0.5) is 0 Å². The van der Waals surface area contributed by atoms with E-state index >= 15 is 0 Å².